The van der Waals surface area contributed by atoms with E-state index in [0.717, 1.165) is 11.1 Å². The van der Waals surface area contributed by atoms with Crippen LogP contribution < -0.4 is 14.4 Å². The third-order valence-corrected chi connectivity index (χ3v) is 6.56. The van der Waals surface area contributed by atoms with Gasteiger partial charge in [-0.25, -0.2) is 4.39 Å². The highest BCUT2D eigenvalue weighted by molar-refractivity contribution is 6.51. The molecular weight excluding hydrogens is 497 g/mol. The molecule has 5 rings (SSSR count). The molecule has 1 aliphatic heterocycles. The van der Waals surface area contributed by atoms with E-state index in [0.29, 0.717) is 22.8 Å². The lowest BCUT2D eigenvalue weighted by Crippen LogP contribution is -2.29. The number of anilines is 1. The summed E-state index contributed by atoms with van der Waals surface area (Å²) in [5.41, 5.74) is 2.43. The topological polar surface area (TPSA) is 76.1 Å². The van der Waals surface area contributed by atoms with Crippen molar-refractivity contribution in [3.63, 3.8) is 0 Å². The summed E-state index contributed by atoms with van der Waals surface area (Å²) >= 11 is 0. The predicted octanol–water partition coefficient (Wildman–Crippen LogP) is 6.87. The van der Waals surface area contributed by atoms with Gasteiger partial charge in [-0.15, -0.1) is 0 Å². The first-order valence-corrected chi connectivity index (χ1v) is 12.3. The second kappa shape index (κ2) is 10.5. The Balaban J connectivity index is 1.73. The molecule has 0 aliphatic carbocycles. The molecule has 39 heavy (non-hydrogen) atoms. The van der Waals surface area contributed by atoms with E-state index in [9.17, 15) is 19.1 Å². The third-order valence-electron chi connectivity index (χ3n) is 6.56. The second-order valence-electron chi connectivity index (χ2n) is 9.30. The zero-order valence-corrected chi connectivity index (χ0v) is 21.6. The van der Waals surface area contributed by atoms with Gasteiger partial charge in [-0.1, -0.05) is 42.5 Å². The Kier molecular flexibility index (Phi) is 6.90. The molecule has 1 saturated heterocycles. The molecule has 1 fully saturated rings. The molecule has 0 aromatic heterocycles. The molecule has 1 N–H and O–H groups in total. The van der Waals surface area contributed by atoms with Crippen LogP contribution in [-0.4, -0.2) is 23.9 Å². The maximum Gasteiger partial charge on any atom is 0.300 e. The Morgan fingerprint density at radius 2 is 1.59 bits per heavy atom. The zero-order chi connectivity index (χ0) is 27.7. The third kappa shape index (κ3) is 4.86. The molecule has 0 bridgehead atoms. The Hall–Kier alpha value is -4.91. The Morgan fingerprint density at radius 1 is 0.872 bits per heavy atom. The van der Waals surface area contributed by atoms with Crippen molar-refractivity contribution in [1.29, 1.82) is 0 Å². The van der Waals surface area contributed by atoms with Crippen LogP contribution in [0.25, 0.3) is 5.76 Å². The van der Waals surface area contributed by atoms with E-state index < -0.39 is 23.5 Å². The summed E-state index contributed by atoms with van der Waals surface area (Å²) in [7, 11) is 1.47. The Labute approximate surface area is 225 Å². The van der Waals surface area contributed by atoms with Crippen molar-refractivity contribution in [2.45, 2.75) is 19.9 Å². The number of hydrogen-bond donors (Lipinski definition) is 1. The number of aryl methyl sites for hydroxylation is 2. The van der Waals surface area contributed by atoms with Crippen molar-refractivity contribution in [3.05, 3.63) is 125 Å². The van der Waals surface area contributed by atoms with Crippen molar-refractivity contribution >= 4 is 23.1 Å². The smallest absolute Gasteiger partial charge is 0.300 e. The molecule has 0 spiro atoms. The van der Waals surface area contributed by atoms with Crippen molar-refractivity contribution in [3.8, 4) is 17.2 Å². The number of hydrogen-bond acceptors (Lipinski definition) is 5. The molecule has 0 saturated carbocycles. The van der Waals surface area contributed by atoms with Gasteiger partial charge in [0.15, 0.2) is 0 Å². The van der Waals surface area contributed by atoms with Gasteiger partial charge >= 0.3 is 0 Å². The van der Waals surface area contributed by atoms with E-state index in [2.05, 4.69) is 0 Å². The highest BCUT2D eigenvalue weighted by atomic mass is 19.1. The van der Waals surface area contributed by atoms with Gasteiger partial charge in [0.2, 0.25) is 0 Å². The minimum Gasteiger partial charge on any atom is -0.507 e. The Bertz CT molecular complexity index is 1610. The van der Waals surface area contributed by atoms with Crippen LogP contribution >= 0.6 is 0 Å². The fraction of sp³-hybridized carbons (Fsp3) is 0.125. The van der Waals surface area contributed by atoms with Gasteiger partial charge < -0.3 is 14.6 Å². The zero-order valence-electron chi connectivity index (χ0n) is 21.6. The molecule has 1 unspecified atom stereocenters. The van der Waals surface area contributed by atoms with Gasteiger partial charge in [0.05, 0.1) is 24.3 Å². The maximum atomic E-state index is 14.3. The monoisotopic (exact) mass is 523 g/mol. The summed E-state index contributed by atoms with van der Waals surface area (Å²) in [5.74, 6) is -1.26. The standard InChI is InChI=1S/C32H26FNO5/c1-19-15-20(2)31(38-3)26(16-19)29(35)27-28(34(32(37)30(27)36)23-11-8-10-22(33)18-23)21-9-7-14-25(17-21)39-24-12-5-4-6-13-24/h4-18,28,35H,1-3H3/b29-27+. The van der Waals surface area contributed by atoms with Crippen LogP contribution in [0.1, 0.15) is 28.3 Å². The highest BCUT2D eigenvalue weighted by Crippen LogP contribution is 2.44. The van der Waals surface area contributed by atoms with Crippen molar-refractivity contribution < 1.29 is 28.6 Å². The predicted molar refractivity (Wildman–Crippen MR) is 147 cm³/mol. The van der Waals surface area contributed by atoms with Crippen LogP contribution in [0.15, 0.2) is 96.6 Å². The fourth-order valence-corrected chi connectivity index (χ4v) is 4.96. The van der Waals surface area contributed by atoms with E-state index in [1.165, 1.54) is 30.2 Å². The summed E-state index contributed by atoms with van der Waals surface area (Å²) in [4.78, 5) is 28.2. The molecule has 1 atom stereocenters. The lowest BCUT2D eigenvalue weighted by Gasteiger charge is -2.26. The molecule has 6 nitrogen and oxygen atoms in total. The molecule has 196 valence electrons. The first kappa shape index (κ1) is 25.7. The molecule has 4 aromatic rings. The van der Waals surface area contributed by atoms with Gasteiger partial charge in [0, 0.05) is 5.69 Å². The van der Waals surface area contributed by atoms with Crippen molar-refractivity contribution in [2.24, 2.45) is 0 Å². The number of Topliss-reactive ketones (excluding diaryl/α,β-unsaturated/α-hetero) is 1. The average molecular weight is 524 g/mol. The summed E-state index contributed by atoms with van der Waals surface area (Å²) in [6, 6.07) is 24.0. The number of halogens is 1. The minimum atomic E-state index is -1.06. The van der Waals surface area contributed by atoms with Gasteiger partial charge in [-0.2, -0.15) is 0 Å². The molecule has 1 heterocycles. The largest absolute Gasteiger partial charge is 0.507 e. The summed E-state index contributed by atoms with van der Waals surface area (Å²) in [6.07, 6.45) is 0. The fourth-order valence-electron chi connectivity index (χ4n) is 4.96. The van der Waals surface area contributed by atoms with Gasteiger partial charge in [0.25, 0.3) is 11.7 Å². The van der Waals surface area contributed by atoms with Crippen LogP contribution in [-0.2, 0) is 9.59 Å². The van der Waals surface area contributed by atoms with Gasteiger partial charge in [-0.3, -0.25) is 14.5 Å². The van der Waals surface area contributed by atoms with Crippen LogP contribution in [0.4, 0.5) is 10.1 Å². The molecule has 7 heteroatoms. The van der Waals surface area contributed by atoms with E-state index in [1.807, 2.05) is 38.1 Å². The first-order chi connectivity index (χ1) is 18.8. The van der Waals surface area contributed by atoms with E-state index in [1.54, 1.807) is 48.5 Å². The molecule has 0 radical (unpaired) electrons. The lowest BCUT2D eigenvalue weighted by atomic mass is 9.93. The summed E-state index contributed by atoms with van der Waals surface area (Å²) in [5, 5.41) is 11.6. The number of para-hydroxylation sites is 1. The van der Waals surface area contributed by atoms with Crippen molar-refractivity contribution in [2.75, 3.05) is 12.0 Å². The second-order valence-corrected chi connectivity index (χ2v) is 9.30. The molecule has 1 aliphatic rings. The number of rotatable bonds is 6. The molecule has 1 amide bonds. The average Bonchev–Trinajstić information content (AvgIpc) is 3.19. The summed E-state index contributed by atoms with van der Waals surface area (Å²) in [6.45, 7) is 3.69. The molecular formula is C32H26FNO5. The first-order valence-electron chi connectivity index (χ1n) is 12.3. The quantitative estimate of drug-likeness (QED) is 0.170. The number of nitrogens with zero attached hydrogens (tertiary/aromatic N) is 1. The number of methoxy groups -OCH3 is 1. The minimum absolute atomic E-state index is 0.135. The van der Waals surface area contributed by atoms with Crippen LogP contribution in [0.2, 0.25) is 0 Å². The number of aliphatic hydroxyl groups excluding tert-OH is 1. The van der Waals surface area contributed by atoms with Crippen LogP contribution in [0, 0.1) is 19.7 Å². The Morgan fingerprint density at radius 3 is 2.31 bits per heavy atom. The van der Waals surface area contributed by atoms with Gasteiger partial charge in [0.1, 0.15) is 28.8 Å². The maximum absolute atomic E-state index is 14.3. The molecule has 4 aromatic carbocycles. The number of benzene rings is 4. The van der Waals surface area contributed by atoms with Crippen LogP contribution in [0.3, 0.4) is 0 Å². The SMILES string of the molecule is COc1c(C)cc(C)cc1/C(O)=C1\C(=O)C(=O)N(c2cccc(F)c2)C1c1cccc(Oc2ccccc2)c1. The van der Waals surface area contributed by atoms with E-state index in [-0.39, 0.29) is 22.6 Å². The van der Waals surface area contributed by atoms with Crippen molar-refractivity contribution in [1.82, 2.24) is 0 Å². The number of ketones is 1. The highest BCUT2D eigenvalue weighted by Gasteiger charge is 2.47. The van der Waals surface area contributed by atoms with E-state index >= 15 is 0 Å². The number of ether oxygens (including phenoxy) is 2. The lowest BCUT2D eigenvalue weighted by molar-refractivity contribution is -0.132. The van der Waals surface area contributed by atoms with Crippen LogP contribution in [0.5, 0.6) is 17.2 Å². The van der Waals surface area contributed by atoms with Gasteiger partial charge in [-0.05, 0) is 79.1 Å². The number of carbonyl (C=O) groups is 2. The summed E-state index contributed by atoms with van der Waals surface area (Å²) < 4.78 is 25.8. The number of amides is 1. The number of carbonyl (C=O) groups excluding carboxylic acids is 2. The number of aliphatic hydroxyl groups is 1. The normalized spacial score (nSPS) is 16.4. The van der Waals surface area contributed by atoms with E-state index in [4.69, 9.17) is 9.47 Å².